The van der Waals surface area contributed by atoms with E-state index < -0.39 is 0 Å². The summed E-state index contributed by atoms with van der Waals surface area (Å²) in [6.45, 7) is 10.3. The molecule has 9 heteroatoms. The molecule has 1 aliphatic carbocycles. The Balaban J connectivity index is 1.12. The second-order valence-corrected chi connectivity index (χ2v) is 11.2. The number of aromatic nitrogens is 4. The first kappa shape index (κ1) is 26.4. The lowest BCUT2D eigenvalue weighted by molar-refractivity contribution is 0.102. The second-order valence-electron chi connectivity index (χ2n) is 11.2. The number of amides is 1. The van der Waals surface area contributed by atoms with Crippen molar-refractivity contribution in [2.45, 2.75) is 51.7 Å². The van der Waals surface area contributed by atoms with Gasteiger partial charge in [-0.15, -0.1) is 0 Å². The molecular formula is C31H38N8O. The Labute approximate surface area is 235 Å². The molecule has 3 heterocycles. The van der Waals surface area contributed by atoms with Gasteiger partial charge in [0, 0.05) is 50.5 Å². The summed E-state index contributed by atoms with van der Waals surface area (Å²) < 4.78 is 1.83. The van der Waals surface area contributed by atoms with E-state index in [1.165, 1.54) is 24.0 Å². The Kier molecular flexibility index (Phi) is 7.49. The molecule has 6 rings (SSSR count). The number of aryl methyl sites for hydroxylation is 1. The quantitative estimate of drug-likeness (QED) is 0.313. The molecule has 0 unspecified atom stereocenters. The van der Waals surface area contributed by atoms with E-state index in [9.17, 15) is 4.79 Å². The minimum absolute atomic E-state index is 0.0350. The van der Waals surface area contributed by atoms with Crippen LogP contribution in [0.1, 0.15) is 65.7 Å². The topological polar surface area (TPSA) is 91.2 Å². The first-order chi connectivity index (χ1) is 19.4. The zero-order valence-electron chi connectivity index (χ0n) is 23.6. The lowest BCUT2D eigenvalue weighted by Gasteiger charge is -2.32. The van der Waals surface area contributed by atoms with E-state index in [0.717, 1.165) is 61.6 Å². The van der Waals surface area contributed by atoms with E-state index in [1.54, 1.807) is 6.20 Å². The molecule has 0 spiro atoms. The highest BCUT2D eigenvalue weighted by Crippen LogP contribution is 2.42. The van der Waals surface area contributed by atoms with Crippen molar-refractivity contribution in [3.05, 3.63) is 77.1 Å². The van der Waals surface area contributed by atoms with Gasteiger partial charge >= 0.3 is 0 Å². The fourth-order valence-corrected chi connectivity index (χ4v) is 5.37. The Bertz CT molecular complexity index is 1500. The van der Waals surface area contributed by atoms with Crippen LogP contribution in [0.3, 0.4) is 0 Å². The van der Waals surface area contributed by atoms with Crippen molar-refractivity contribution in [2.75, 3.05) is 43.9 Å². The van der Waals surface area contributed by atoms with E-state index >= 15 is 0 Å². The first-order valence-electron chi connectivity index (χ1n) is 14.4. The number of fused-ring (bicyclic) bond motifs is 1. The van der Waals surface area contributed by atoms with Crippen molar-refractivity contribution in [1.82, 2.24) is 29.5 Å². The lowest BCUT2D eigenvalue weighted by Crippen LogP contribution is -2.44. The third kappa shape index (κ3) is 6.00. The van der Waals surface area contributed by atoms with Crippen molar-refractivity contribution in [3.8, 4) is 0 Å². The standard InChI is InChI=1S/C31H38N8O/c1-4-39-20-28-30(36-39)35-29(18-32-28)33-21(2)23-6-5-7-26(16-23)34-31(40)24-10-11-25(27(17-24)22-8-9-22)19-38-14-12-37(3)13-15-38/h5-7,10-11,16-18,20-22H,4,8-9,12-15,19H2,1-3H3,(H,34,40)(H,33,35,36)/t21-/m0/s1. The van der Waals surface area contributed by atoms with Crippen LogP contribution >= 0.6 is 0 Å². The third-order valence-corrected chi connectivity index (χ3v) is 8.02. The van der Waals surface area contributed by atoms with Crippen molar-refractivity contribution in [3.63, 3.8) is 0 Å². The molecule has 1 amide bonds. The van der Waals surface area contributed by atoms with E-state index in [-0.39, 0.29) is 11.9 Å². The Morgan fingerprint density at radius 2 is 1.93 bits per heavy atom. The lowest BCUT2D eigenvalue weighted by atomic mass is 9.99. The van der Waals surface area contributed by atoms with E-state index in [2.05, 4.69) is 61.6 Å². The molecule has 2 fully saturated rings. The van der Waals surface area contributed by atoms with Crippen LogP contribution < -0.4 is 10.6 Å². The second kappa shape index (κ2) is 11.3. The van der Waals surface area contributed by atoms with Gasteiger partial charge in [0.1, 0.15) is 11.3 Å². The number of hydrogen-bond donors (Lipinski definition) is 2. The maximum absolute atomic E-state index is 13.3. The largest absolute Gasteiger partial charge is 0.362 e. The summed E-state index contributed by atoms with van der Waals surface area (Å²) in [5.41, 5.74) is 6.65. The molecule has 208 valence electrons. The average Bonchev–Trinajstić information content (AvgIpc) is 3.73. The van der Waals surface area contributed by atoms with E-state index in [1.807, 2.05) is 48.1 Å². The average molecular weight is 539 g/mol. The number of rotatable bonds is 9. The maximum atomic E-state index is 13.3. The van der Waals surface area contributed by atoms with Crippen LogP contribution in [-0.4, -0.2) is 68.7 Å². The van der Waals surface area contributed by atoms with Gasteiger partial charge in [0.25, 0.3) is 5.91 Å². The number of nitrogens with one attached hydrogen (secondary N) is 2. The minimum atomic E-state index is -0.0753. The Hall–Kier alpha value is -3.82. The summed E-state index contributed by atoms with van der Waals surface area (Å²) in [5, 5.41) is 11.0. The maximum Gasteiger partial charge on any atom is 0.255 e. The van der Waals surface area contributed by atoms with Gasteiger partial charge < -0.3 is 15.5 Å². The highest BCUT2D eigenvalue weighted by atomic mass is 16.1. The summed E-state index contributed by atoms with van der Waals surface area (Å²) in [6.07, 6.45) is 6.06. The molecule has 2 N–H and O–H groups in total. The van der Waals surface area contributed by atoms with Crippen molar-refractivity contribution in [2.24, 2.45) is 0 Å². The molecular weight excluding hydrogens is 500 g/mol. The number of hydrogen-bond acceptors (Lipinski definition) is 7. The van der Waals surface area contributed by atoms with Crippen LogP contribution in [-0.2, 0) is 13.1 Å². The fourth-order valence-electron chi connectivity index (χ4n) is 5.37. The van der Waals surface area contributed by atoms with Crippen LogP contribution in [0.2, 0.25) is 0 Å². The normalized spacial score (nSPS) is 17.2. The van der Waals surface area contributed by atoms with Gasteiger partial charge in [-0.1, -0.05) is 18.2 Å². The Morgan fingerprint density at radius 1 is 1.10 bits per heavy atom. The monoisotopic (exact) mass is 538 g/mol. The summed E-state index contributed by atoms with van der Waals surface area (Å²) in [7, 11) is 2.19. The molecule has 2 aromatic heterocycles. The number of anilines is 2. The van der Waals surface area contributed by atoms with Crippen LogP contribution in [0, 0.1) is 0 Å². The first-order valence-corrected chi connectivity index (χ1v) is 14.4. The van der Waals surface area contributed by atoms with Crippen LogP contribution in [0.25, 0.3) is 11.2 Å². The molecule has 40 heavy (non-hydrogen) atoms. The number of piperazine rings is 1. The zero-order chi connectivity index (χ0) is 27.6. The summed E-state index contributed by atoms with van der Waals surface area (Å²) in [4.78, 5) is 27.3. The van der Waals surface area contributed by atoms with Gasteiger partial charge in [0.15, 0.2) is 0 Å². The summed E-state index contributed by atoms with van der Waals surface area (Å²) in [6, 6.07) is 14.2. The molecule has 0 radical (unpaired) electrons. The SMILES string of the molecule is CCn1cc2ncc(N[C@@H](C)c3cccc(NC(=O)c4ccc(CN5CCN(C)CC5)c(C5CC5)c4)c3)nc2n1. The third-order valence-electron chi connectivity index (χ3n) is 8.02. The molecule has 1 atom stereocenters. The number of nitrogens with zero attached hydrogens (tertiary/aromatic N) is 6. The van der Waals surface area contributed by atoms with Gasteiger partial charge in [-0.05, 0) is 80.6 Å². The van der Waals surface area contributed by atoms with Crippen molar-refractivity contribution in [1.29, 1.82) is 0 Å². The predicted molar refractivity (Wildman–Crippen MR) is 159 cm³/mol. The van der Waals surface area contributed by atoms with Crippen molar-refractivity contribution < 1.29 is 4.79 Å². The Morgan fingerprint density at radius 3 is 2.70 bits per heavy atom. The highest BCUT2D eigenvalue weighted by molar-refractivity contribution is 6.04. The molecule has 1 saturated carbocycles. The number of carbonyl (C=O) groups is 1. The smallest absolute Gasteiger partial charge is 0.255 e. The summed E-state index contributed by atoms with van der Waals surface area (Å²) >= 11 is 0. The van der Waals surface area contributed by atoms with Crippen LogP contribution in [0.15, 0.2) is 54.9 Å². The van der Waals surface area contributed by atoms with E-state index in [0.29, 0.717) is 17.4 Å². The molecule has 0 bridgehead atoms. The van der Waals surface area contributed by atoms with Crippen molar-refractivity contribution >= 4 is 28.6 Å². The molecule has 4 aromatic rings. The van der Waals surface area contributed by atoms with Crippen LogP contribution in [0.4, 0.5) is 11.5 Å². The highest BCUT2D eigenvalue weighted by Gasteiger charge is 2.28. The molecule has 1 saturated heterocycles. The molecule has 2 aliphatic rings. The van der Waals surface area contributed by atoms with Gasteiger partial charge in [-0.25, -0.2) is 9.97 Å². The molecule has 9 nitrogen and oxygen atoms in total. The van der Waals surface area contributed by atoms with E-state index in [4.69, 9.17) is 0 Å². The van der Waals surface area contributed by atoms with Gasteiger partial charge in [-0.2, -0.15) is 5.10 Å². The number of likely N-dealkylation sites (N-methyl/N-ethyl adjacent to an activating group) is 1. The number of carbonyl (C=O) groups excluding carboxylic acids is 1. The van der Waals surface area contributed by atoms with Gasteiger partial charge in [0.05, 0.1) is 18.4 Å². The van der Waals surface area contributed by atoms with Gasteiger partial charge in [-0.3, -0.25) is 14.4 Å². The fraction of sp³-hybridized carbons (Fsp3) is 0.419. The minimum Gasteiger partial charge on any atom is -0.362 e. The zero-order valence-corrected chi connectivity index (χ0v) is 23.6. The van der Waals surface area contributed by atoms with Gasteiger partial charge in [0.2, 0.25) is 5.65 Å². The number of benzene rings is 2. The van der Waals surface area contributed by atoms with Crippen LogP contribution in [0.5, 0.6) is 0 Å². The summed E-state index contributed by atoms with van der Waals surface area (Å²) in [5.74, 6) is 1.18. The predicted octanol–water partition coefficient (Wildman–Crippen LogP) is 4.90. The molecule has 2 aromatic carbocycles. The molecule has 1 aliphatic heterocycles.